The number of hydrogen-bond acceptors (Lipinski definition) is 3. The van der Waals surface area contributed by atoms with Crippen molar-refractivity contribution in [2.24, 2.45) is 0 Å². The molecule has 5 nitrogen and oxygen atoms in total. The van der Waals surface area contributed by atoms with Gasteiger partial charge >= 0.3 is 0 Å². The lowest BCUT2D eigenvalue weighted by Gasteiger charge is -2.42. The first-order valence-electron chi connectivity index (χ1n) is 10.3. The maximum atomic E-state index is 14.6. The number of halogens is 1. The predicted octanol–water partition coefficient (Wildman–Crippen LogP) is 3.70. The summed E-state index contributed by atoms with van der Waals surface area (Å²) < 4.78 is 16.7. The van der Waals surface area contributed by atoms with Gasteiger partial charge in [-0.3, -0.25) is 9.69 Å². The van der Waals surface area contributed by atoms with E-state index in [1.165, 1.54) is 18.6 Å². The van der Waals surface area contributed by atoms with Crippen molar-refractivity contribution < 1.29 is 9.18 Å². The molecule has 2 aromatic carbocycles. The molecule has 1 N–H and O–H groups in total. The lowest BCUT2D eigenvalue weighted by Crippen LogP contribution is -2.52. The van der Waals surface area contributed by atoms with Gasteiger partial charge in [0.15, 0.2) is 0 Å². The van der Waals surface area contributed by atoms with Crippen LogP contribution in [0.15, 0.2) is 67.1 Å². The maximum absolute atomic E-state index is 14.6. The Morgan fingerprint density at radius 2 is 1.77 bits per heavy atom. The fraction of sp³-hybridized carbons (Fsp3) is 0.333. The summed E-state index contributed by atoms with van der Waals surface area (Å²) in [6.45, 7) is 4.60. The number of likely N-dealkylation sites (tertiary alicyclic amines) is 1. The fourth-order valence-electron chi connectivity index (χ4n) is 4.37. The molecule has 0 radical (unpaired) electrons. The zero-order valence-corrected chi connectivity index (χ0v) is 17.2. The van der Waals surface area contributed by atoms with Crippen molar-refractivity contribution in [3.8, 4) is 0 Å². The first-order chi connectivity index (χ1) is 14.6. The number of aromatic nitrogens is 2. The van der Waals surface area contributed by atoms with Crippen LogP contribution in [0.5, 0.6) is 0 Å². The fourth-order valence-corrected chi connectivity index (χ4v) is 4.37. The molecule has 2 heterocycles. The SMILES string of the molecule is CC(=O)NC1(c2ccccc2F)CCN(Cc2cncn2Cc2ccccc2)CC1. The molecule has 0 spiro atoms. The van der Waals surface area contributed by atoms with Crippen LogP contribution in [0.3, 0.4) is 0 Å². The third kappa shape index (κ3) is 4.44. The summed E-state index contributed by atoms with van der Waals surface area (Å²) in [6, 6.07) is 17.1. The summed E-state index contributed by atoms with van der Waals surface area (Å²) in [4.78, 5) is 18.6. The number of nitrogens with zero attached hydrogens (tertiary/aromatic N) is 3. The molecule has 1 saturated heterocycles. The van der Waals surface area contributed by atoms with E-state index in [1.54, 1.807) is 12.1 Å². The van der Waals surface area contributed by atoms with Crippen molar-refractivity contribution in [3.05, 3.63) is 89.8 Å². The third-order valence-electron chi connectivity index (χ3n) is 5.89. The molecular formula is C24H27FN4O. The van der Waals surface area contributed by atoms with Crippen LogP contribution >= 0.6 is 0 Å². The number of carbonyl (C=O) groups excluding carboxylic acids is 1. The Kier molecular flexibility index (Phi) is 5.95. The average Bonchev–Trinajstić information content (AvgIpc) is 3.17. The van der Waals surface area contributed by atoms with E-state index in [4.69, 9.17) is 0 Å². The summed E-state index contributed by atoms with van der Waals surface area (Å²) in [5.74, 6) is -0.395. The van der Waals surface area contributed by atoms with Gasteiger partial charge in [0.1, 0.15) is 5.82 Å². The molecule has 0 unspecified atom stereocenters. The molecule has 1 fully saturated rings. The largest absolute Gasteiger partial charge is 0.347 e. The number of hydrogen-bond donors (Lipinski definition) is 1. The first-order valence-corrected chi connectivity index (χ1v) is 10.3. The number of carbonyl (C=O) groups is 1. The monoisotopic (exact) mass is 406 g/mol. The molecule has 30 heavy (non-hydrogen) atoms. The number of imidazole rings is 1. The van der Waals surface area contributed by atoms with Gasteiger partial charge in [-0.05, 0) is 24.5 Å². The van der Waals surface area contributed by atoms with Crippen molar-refractivity contribution >= 4 is 5.91 Å². The third-order valence-corrected chi connectivity index (χ3v) is 5.89. The second-order valence-corrected chi connectivity index (χ2v) is 8.02. The van der Waals surface area contributed by atoms with Gasteiger partial charge in [0.25, 0.3) is 0 Å². The number of nitrogens with one attached hydrogen (secondary N) is 1. The summed E-state index contributed by atoms with van der Waals surface area (Å²) in [6.07, 6.45) is 5.11. The molecule has 1 aliphatic heterocycles. The topological polar surface area (TPSA) is 50.2 Å². The van der Waals surface area contributed by atoms with Crippen LogP contribution in [0.2, 0.25) is 0 Å². The minimum absolute atomic E-state index is 0.132. The molecule has 1 aromatic heterocycles. The van der Waals surface area contributed by atoms with Crippen LogP contribution in [-0.2, 0) is 23.4 Å². The van der Waals surface area contributed by atoms with E-state index in [2.05, 4.69) is 31.9 Å². The molecule has 4 rings (SSSR count). The first kappa shape index (κ1) is 20.3. The van der Waals surface area contributed by atoms with Gasteiger partial charge < -0.3 is 9.88 Å². The van der Waals surface area contributed by atoms with E-state index in [-0.39, 0.29) is 11.7 Å². The Morgan fingerprint density at radius 1 is 1.07 bits per heavy atom. The lowest BCUT2D eigenvalue weighted by atomic mass is 9.80. The van der Waals surface area contributed by atoms with Crippen LogP contribution in [0.1, 0.15) is 36.6 Å². The van der Waals surface area contributed by atoms with Crippen LogP contribution in [-0.4, -0.2) is 33.4 Å². The van der Waals surface area contributed by atoms with Crippen molar-refractivity contribution in [3.63, 3.8) is 0 Å². The molecule has 6 heteroatoms. The minimum atomic E-state index is -0.655. The second-order valence-electron chi connectivity index (χ2n) is 8.02. The van der Waals surface area contributed by atoms with Crippen molar-refractivity contribution in [1.29, 1.82) is 0 Å². The van der Waals surface area contributed by atoms with Crippen molar-refractivity contribution in [2.75, 3.05) is 13.1 Å². The Balaban J connectivity index is 1.46. The molecule has 0 bridgehead atoms. The van der Waals surface area contributed by atoms with Crippen molar-refractivity contribution in [1.82, 2.24) is 19.8 Å². The van der Waals surface area contributed by atoms with Gasteiger partial charge in [0, 0.05) is 44.9 Å². The molecule has 0 saturated carbocycles. The van der Waals surface area contributed by atoms with Crippen LogP contribution in [0, 0.1) is 5.82 Å². The normalized spacial score (nSPS) is 16.3. The maximum Gasteiger partial charge on any atom is 0.217 e. The number of piperidine rings is 1. The highest BCUT2D eigenvalue weighted by molar-refractivity contribution is 5.74. The second kappa shape index (κ2) is 8.79. The molecule has 3 aromatic rings. The Morgan fingerprint density at radius 3 is 2.47 bits per heavy atom. The molecular weight excluding hydrogens is 379 g/mol. The summed E-state index contributed by atoms with van der Waals surface area (Å²) >= 11 is 0. The van der Waals surface area contributed by atoms with Gasteiger partial charge in [-0.2, -0.15) is 0 Å². The predicted molar refractivity (Wildman–Crippen MR) is 114 cm³/mol. The zero-order valence-electron chi connectivity index (χ0n) is 17.2. The van der Waals surface area contributed by atoms with E-state index < -0.39 is 5.54 Å². The average molecular weight is 407 g/mol. The van der Waals surface area contributed by atoms with Crippen LogP contribution in [0.25, 0.3) is 0 Å². The van der Waals surface area contributed by atoms with Gasteiger partial charge in [-0.25, -0.2) is 9.37 Å². The van der Waals surface area contributed by atoms with Crippen LogP contribution in [0.4, 0.5) is 4.39 Å². The molecule has 0 atom stereocenters. The lowest BCUT2D eigenvalue weighted by molar-refractivity contribution is -0.121. The Bertz CT molecular complexity index is 993. The number of amides is 1. The molecule has 1 amide bonds. The van der Waals surface area contributed by atoms with E-state index in [0.29, 0.717) is 18.4 Å². The van der Waals surface area contributed by atoms with E-state index in [9.17, 15) is 9.18 Å². The highest BCUT2D eigenvalue weighted by Crippen LogP contribution is 2.35. The summed E-state index contributed by atoms with van der Waals surface area (Å²) in [5.41, 5.74) is 2.31. The minimum Gasteiger partial charge on any atom is -0.347 e. The van der Waals surface area contributed by atoms with Crippen molar-refractivity contribution in [2.45, 2.75) is 38.4 Å². The molecule has 156 valence electrons. The zero-order chi connectivity index (χ0) is 21.0. The summed E-state index contributed by atoms with van der Waals surface area (Å²) in [7, 11) is 0. The smallest absolute Gasteiger partial charge is 0.217 e. The molecule has 1 aliphatic rings. The van der Waals surface area contributed by atoms with Gasteiger partial charge in [-0.1, -0.05) is 48.5 Å². The van der Waals surface area contributed by atoms with E-state index in [1.807, 2.05) is 36.8 Å². The number of rotatable bonds is 6. The van der Waals surface area contributed by atoms with Gasteiger partial charge in [0.2, 0.25) is 5.91 Å². The van der Waals surface area contributed by atoms with E-state index >= 15 is 0 Å². The Labute approximate surface area is 176 Å². The van der Waals surface area contributed by atoms with E-state index in [0.717, 1.165) is 31.9 Å². The Hall–Kier alpha value is -2.99. The standard InChI is InChI=1S/C24H27FN4O/c1-19(30)27-24(22-9-5-6-10-23(22)25)11-13-28(14-12-24)17-21-15-26-18-29(21)16-20-7-3-2-4-8-20/h2-10,15,18H,11-14,16-17H2,1H3,(H,27,30). The van der Waals surface area contributed by atoms with Gasteiger partial charge in [-0.15, -0.1) is 0 Å². The highest BCUT2D eigenvalue weighted by atomic mass is 19.1. The van der Waals surface area contributed by atoms with Crippen LogP contribution < -0.4 is 5.32 Å². The highest BCUT2D eigenvalue weighted by Gasteiger charge is 2.38. The number of benzene rings is 2. The quantitative estimate of drug-likeness (QED) is 0.679. The summed E-state index contributed by atoms with van der Waals surface area (Å²) in [5, 5.41) is 3.05. The molecule has 0 aliphatic carbocycles. The van der Waals surface area contributed by atoms with Gasteiger partial charge in [0.05, 0.1) is 17.6 Å².